The van der Waals surface area contributed by atoms with Crippen molar-refractivity contribution < 1.29 is 0 Å². The lowest BCUT2D eigenvalue weighted by atomic mass is 10.0. The Hall–Kier alpha value is -3.53. The van der Waals surface area contributed by atoms with Crippen molar-refractivity contribution in [2.24, 2.45) is 0 Å². The molecule has 2 N–H and O–H groups in total. The molecule has 0 unspecified atom stereocenters. The van der Waals surface area contributed by atoms with Crippen LogP contribution in [0.5, 0.6) is 0 Å². The number of hydrogen-bond donors (Lipinski definition) is 1. The number of nitrogens with two attached hydrogens (primary N) is 1. The predicted octanol–water partition coefficient (Wildman–Crippen LogP) is 4.45. The van der Waals surface area contributed by atoms with Gasteiger partial charge in [0.1, 0.15) is 0 Å². The van der Waals surface area contributed by atoms with Crippen LogP contribution in [0.2, 0.25) is 0 Å². The van der Waals surface area contributed by atoms with E-state index in [0.717, 1.165) is 39.6 Å². The van der Waals surface area contributed by atoms with Gasteiger partial charge in [-0.15, -0.1) is 0 Å². The van der Waals surface area contributed by atoms with E-state index in [1.807, 2.05) is 72.8 Å². The summed E-state index contributed by atoms with van der Waals surface area (Å²) in [4.78, 5) is 13.6. The molecule has 0 aliphatic rings. The average molecular weight is 324 g/mol. The first-order valence-corrected chi connectivity index (χ1v) is 8.00. The molecule has 0 saturated heterocycles. The van der Waals surface area contributed by atoms with Crippen LogP contribution in [0, 0.1) is 0 Å². The smallest absolute Gasteiger partial charge is 0.0900 e. The van der Waals surface area contributed by atoms with Crippen LogP contribution in [0.3, 0.4) is 0 Å². The van der Waals surface area contributed by atoms with Crippen molar-refractivity contribution in [1.82, 2.24) is 15.0 Å². The molecule has 0 radical (unpaired) electrons. The van der Waals surface area contributed by atoms with E-state index in [4.69, 9.17) is 10.7 Å². The lowest BCUT2D eigenvalue weighted by Crippen LogP contribution is -1.94. The third kappa shape index (κ3) is 3.23. The normalized spacial score (nSPS) is 10.6. The Morgan fingerprint density at radius 1 is 0.560 bits per heavy atom. The minimum absolute atomic E-state index is 0.743. The number of aromatic nitrogens is 3. The molecule has 3 heterocycles. The SMILES string of the molecule is Nc1ccc(-c2cc(-c3ccccn3)nc(-c3ccccn3)c2)cc1. The second kappa shape index (κ2) is 6.53. The maximum absolute atomic E-state index is 5.81. The Bertz CT molecular complexity index is 924. The van der Waals surface area contributed by atoms with Gasteiger partial charge in [0.25, 0.3) is 0 Å². The summed E-state index contributed by atoms with van der Waals surface area (Å²) < 4.78 is 0. The third-order valence-corrected chi connectivity index (χ3v) is 3.92. The summed E-state index contributed by atoms with van der Waals surface area (Å²) in [5, 5.41) is 0. The van der Waals surface area contributed by atoms with Crippen LogP contribution >= 0.6 is 0 Å². The topological polar surface area (TPSA) is 64.7 Å². The first-order chi connectivity index (χ1) is 12.3. The van der Waals surface area contributed by atoms with Crippen molar-refractivity contribution in [3.63, 3.8) is 0 Å². The van der Waals surface area contributed by atoms with Gasteiger partial charge in [-0.1, -0.05) is 24.3 Å². The largest absolute Gasteiger partial charge is 0.399 e. The van der Waals surface area contributed by atoms with Gasteiger partial charge in [-0.3, -0.25) is 9.97 Å². The lowest BCUT2D eigenvalue weighted by Gasteiger charge is -2.09. The fraction of sp³-hybridized carbons (Fsp3) is 0. The van der Waals surface area contributed by atoms with E-state index >= 15 is 0 Å². The second-order valence-corrected chi connectivity index (χ2v) is 5.68. The zero-order valence-corrected chi connectivity index (χ0v) is 13.5. The molecule has 3 aromatic heterocycles. The van der Waals surface area contributed by atoms with Gasteiger partial charge in [-0.25, -0.2) is 4.98 Å². The number of nitrogens with zero attached hydrogens (tertiary/aromatic N) is 3. The molecule has 0 aliphatic carbocycles. The van der Waals surface area contributed by atoms with Crippen LogP contribution in [-0.2, 0) is 0 Å². The summed E-state index contributed by atoms with van der Waals surface area (Å²) >= 11 is 0. The zero-order chi connectivity index (χ0) is 17.1. The van der Waals surface area contributed by atoms with Crippen molar-refractivity contribution >= 4 is 5.69 Å². The molecule has 0 bridgehead atoms. The number of rotatable bonds is 3. The molecule has 4 aromatic rings. The molecule has 1 aromatic carbocycles. The van der Waals surface area contributed by atoms with E-state index in [1.165, 1.54) is 0 Å². The molecule has 0 spiro atoms. The van der Waals surface area contributed by atoms with E-state index in [1.54, 1.807) is 12.4 Å². The Morgan fingerprint density at radius 3 is 1.60 bits per heavy atom. The van der Waals surface area contributed by atoms with E-state index in [9.17, 15) is 0 Å². The van der Waals surface area contributed by atoms with Crippen molar-refractivity contribution in [3.8, 4) is 33.9 Å². The zero-order valence-electron chi connectivity index (χ0n) is 13.5. The average Bonchev–Trinajstić information content (AvgIpc) is 2.69. The molecule has 0 saturated carbocycles. The summed E-state index contributed by atoms with van der Waals surface area (Å²) in [5.41, 5.74) is 12.0. The molecule has 0 atom stereocenters. The molecule has 4 rings (SSSR count). The van der Waals surface area contributed by atoms with Crippen LogP contribution in [0.4, 0.5) is 5.69 Å². The van der Waals surface area contributed by atoms with Gasteiger partial charge in [0.15, 0.2) is 0 Å². The van der Waals surface area contributed by atoms with Crippen molar-refractivity contribution in [1.29, 1.82) is 0 Å². The van der Waals surface area contributed by atoms with Crippen LogP contribution in [0.15, 0.2) is 85.2 Å². The summed E-state index contributed by atoms with van der Waals surface area (Å²) in [7, 11) is 0. The minimum Gasteiger partial charge on any atom is -0.399 e. The Labute approximate surface area is 146 Å². The quantitative estimate of drug-likeness (QED) is 0.565. The van der Waals surface area contributed by atoms with Gasteiger partial charge in [-0.05, 0) is 59.7 Å². The highest BCUT2D eigenvalue weighted by atomic mass is 14.8. The molecular weight excluding hydrogens is 308 g/mol. The highest BCUT2D eigenvalue weighted by molar-refractivity contribution is 5.75. The van der Waals surface area contributed by atoms with Crippen molar-refractivity contribution in [2.75, 3.05) is 5.73 Å². The van der Waals surface area contributed by atoms with Gasteiger partial charge < -0.3 is 5.73 Å². The molecule has 0 aliphatic heterocycles. The van der Waals surface area contributed by atoms with Crippen LogP contribution in [0.25, 0.3) is 33.9 Å². The molecule has 25 heavy (non-hydrogen) atoms. The van der Waals surface area contributed by atoms with Gasteiger partial charge in [0, 0.05) is 18.1 Å². The van der Waals surface area contributed by atoms with Crippen molar-refractivity contribution in [2.45, 2.75) is 0 Å². The lowest BCUT2D eigenvalue weighted by molar-refractivity contribution is 1.22. The molecule has 120 valence electrons. The van der Waals surface area contributed by atoms with Crippen LogP contribution in [0.1, 0.15) is 0 Å². The Morgan fingerprint density at radius 2 is 1.12 bits per heavy atom. The predicted molar refractivity (Wildman–Crippen MR) is 101 cm³/mol. The number of hydrogen-bond acceptors (Lipinski definition) is 4. The monoisotopic (exact) mass is 324 g/mol. The van der Waals surface area contributed by atoms with E-state index in [2.05, 4.69) is 9.97 Å². The van der Waals surface area contributed by atoms with E-state index in [0.29, 0.717) is 0 Å². The fourth-order valence-electron chi connectivity index (χ4n) is 2.66. The summed E-state index contributed by atoms with van der Waals surface area (Å²) in [6.07, 6.45) is 3.54. The fourth-order valence-corrected chi connectivity index (χ4v) is 2.66. The number of benzene rings is 1. The van der Waals surface area contributed by atoms with Gasteiger partial charge in [-0.2, -0.15) is 0 Å². The van der Waals surface area contributed by atoms with E-state index in [-0.39, 0.29) is 0 Å². The molecule has 0 fully saturated rings. The summed E-state index contributed by atoms with van der Waals surface area (Å²) in [5.74, 6) is 0. The Balaban J connectivity index is 1.90. The van der Waals surface area contributed by atoms with Crippen LogP contribution < -0.4 is 5.73 Å². The maximum atomic E-state index is 5.81. The number of pyridine rings is 3. The highest BCUT2D eigenvalue weighted by Gasteiger charge is 2.10. The Kier molecular flexibility index (Phi) is 3.92. The summed E-state index contributed by atoms with van der Waals surface area (Å²) in [6, 6.07) is 23.5. The van der Waals surface area contributed by atoms with E-state index < -0.39 is 0 Å². The first-order valence-electron chi connectivity index (χ1n) is 8.00. The number of nitrogen functional groups attached to an aromatic ring is 1. The van der Waals surface area contributed by atoms with Crippen LogP contribution in [-0.4, -0.2) is 15.0 Å². The molecule has 4 heteroatoms. The van der Waals surface area contributed by atoms with Gasteiger partial charge in [0.2, 0.25) is 0 Å². The van der Waals surface area contributed by atoms with Crippen molar-refractivity contribution in [3.05, 3.63) is 85.2 Å². The standard InChI is InChI=1S/C21H16N4/c22-17-9-7-15(8-10-17)16-13-20(18-5-1-3-11-23-18)25-21(14-16)19-6-2-4-12-24-19/h1-14H,22H2. The maximum Gasteiger partial charge on any atom is 0.0900 e. The highest BCUT2D eigenvalue weighted by Crippen LogP contribution is 2.29. The number of anilines is 1. The van der Waals surface area contributed by atoms with Gasteiger partial charge >= 0.3 is 0 Å². The summed E-state index contributed by atoms with van der Waals surface area (Å²) in [6.45, 7) is 0. The third-order valence-electron chi connectivity index (χ3n) is 3.92. The second-order valence-electron chi connectivity index (χ2n) is 5.68. The minimum atomic E-state index is 0.743. The van der Waals surface area contributed by atoms with Gasteiger partial charge in [0.05, 0.1) is 22.8 Å². The first kappa shape index (κ1) is 15.0. The molecule has 4 nitrogen and oxygen atoms in total. The molecule has 0 amide bonds. The molecular formula is C21H16N4.